The molecule has 0 heterocycles. The summed E-state index contributed by atoms with van der Waals surface area (Å²) in [5.74, 6) is 0.0448. The molecule has 19 heavy (non-hydrogen) atoms. The molecule has 6 heteroatoms. The second-order valence-corrected chi connectivity index (χ2v) is 5.44. The summed E-state index contributed by atoms with van der Waals surface area (Å²) in [5, 5.41) is 6.01. The maximum absolute atomic E-state index is 11.5. The average Bonchev–Trinajstić information content (AvgIpc) is 2.37. The lowest BCUT2D eigenvalue weighted by Gasteiger charge is -2.11. The highest BCUT2D eigenvalue weighted by Gasteiger charge is 2.06. The van der Waals surface area contributed by atoms with Crippen LogP contribution in [0.15, 0.2) is 22.7 Å². The highest BCUT2D eigenvalue weighted by Crippen LogP contribution is 2.21. The van der Waals surface area contributed by atoms with Gasteiger partial charge >= 0.3 is 0 Å². The number of hydrogen-bond acceptors (Lipinski definition) is 3. The van der Waals surface area contributed by atoms with Crippen molar-refractivity contribution in [2.24, 2.45) is 5.73 Å². The zero-order valence-corrected chi connectivity index (χ0v) is 13.2. The highest BCUT2D eigenvalue weighted by atomic mass is 79.9. The van der Waals surface area contributed by atoms with Crippen molar-refractivity contribution in [2.45, 2.75) is 19.8 Å². The van der Waals surface area contributed by atoms with E-state index in [2.05, 4.69) is 26.6 Å². The second-order valence-electron chi connectivity index (χ2n) is 4.08. The van der Waals surface area contributed by atoms with Gasteiger partial charge in [-0.05, 0) is 24.6 Å². The molecule has 4 N–H and O–H groups in total. The second kappa shape index (κ2) is 8.12. The Hall–Kier alpha value is -1.14. The molecule has 0 aliphatic heterocycles. The quantitative estimate of drug-likeness (QED) is 0.665. The Morgan fingerprint density at radius 3 is 2.79 bits per heavy atom. The van der Waals surface area contributed by atoms with Gasteiger partial charge in [-0.15, -0.1) is 0 Å². The minimum absolute atomic E-state index is 0.0448. The first kappa shape index (κ1) is 15.9. The number of nitrogens with two attached hydrogens (primary N) is 1. The zero-order chi connectivity index (χ0) is 14.3. The molecule has 0 atom stereocenters. The smallest absolute Gasteiger partial charge is 0.221 e. The molecule has 0 spiro atoms. The lowest BCUT2D eigenvalue weighted by atomic mass is 10.1. The molecule has 0 bridgehead atoms. The lowest BCUT2D eigenvalue weighted by Crippen LogP contribution is -2.26. The standard InChI is InChI=1S/C13H18BrN3OS/c1-2-6-17-12(18)5-7-16-11-4-3-9(14)8-10(11)13(15)19/h3-4,8,16H,2,5-7H2,1H3,(H2,15,19)(H,17,18). The van der Waals surface area contributed by atoms with Gasteiger partial charge in [-0.25, -0.2) is 0 Å². The highest BCUT2D eigenvalue weighted by molar-refractivity contribution is 9.10. The normalized spacial score (nSPS) is 10.0. The van der Waals surface area contributed by atoms with Crippen molar-refractivity contribution < 1.29 is 4.79 Å². The largest absolute Gasteiger partial charge is 0.389 e. The summed E-state index contributed by atoms with van der Waals surface area (Å²) in [6.07, 6.45) is 1.37. The number of carbonyl (C=O) groups is 1. The summed E-state index contributed by atoms with van der Waals surface area (Å²) in [6, 6.07) is 5.66. The first-order chi connectivity index (χ1) is 9.04. The maximum Gasteiger partial charge on any atom is 0.221 e. The Balaban J connectivity index is 2.53. The monoisotopic (exact) mass is 343 g/mol. The van der Waals surface area contributed by atoms with Crippen LogP contribution in [0.25, 0.3) is 0 Å². The molecule has 1 amide bonds. The van der Waals surface area contributed by atoms with Gasteiger partial charge in [-0.1, -0.05) is 35.1 Å². The summed E-state index contributed by atoms with van der Waals surface area (Å²) in [6.45, 7) is 3.29. The molecule has 0 fully saturated rings. The third kappa shape index (κ3) is 5.57. The van der Waals surface area contributed by atoms with E-state index in [4.69, 9.17) is 18.0 Å². The van der Waals surface area contributed by atoms with Crippen LogP contribution in [0, 0.1) is 0 Å². The molecule has 1 aromatic carbocycles. The van der Waals surface area contributed by atoms with E-state index in [0.717, 1.165) is 28.7 Å². The third-order valence-corrected chi connectivity index (χ3v) is 3.20. The fourth-order valence-corrected chi connectivity index (χ4v) is 2.07. The Bertz CT molecular complexity index is 465. The number of carbonyl (C=O) groups excluding carboxylic acids is 1. The predicted octanol–water partition coefficient (Wildman–Crippen LogP) is 2.41. The molecule has 0 aliphatic rings. The number of benzene rings is 1. The summed E-state index contributed by atoms with van der Waals surface area (Å²) >= 11 is 8.38. The molecule has 104 valence electrons. The Kier molecular flexibility index (Phi) is 6.80. The van der Waals surface area contributed by atoms with Gasteiger partial charge in [0, 0.05) is 35.2 Å². The molecule has 1 aromatic rings. The molecule has 0 radical (unpaired) electrons. The fraction of sp³-hybridized carbons (Fsp3) is 0.385. The van der Waals surface area contributed by atoms with Crippen molar-refractivity contribution in [3.8, 4) is 0 Å². The summed E-state index contributed by atoms with van der Waals surface area (Å²) < 4.78 is 0.918. The summed E-state index contributed by atoms with van der Waals surface area (Å²) in [7, 11) is 0. The van der Waals surface area contributed by atoms with E-state index in [1.807, 2.05) is 25.1 Å². The van der Waals surface area contributed by atoms with Crippen molar-refractivity contribution in [3.63, 3.8) is 0 Å². The fourth-order valence-electron chi connectivity index (χ4n) is 1.54. The van der Waals surface area contributed by atoms with E-state index in [0.29, 0.717) is 18.0 Å². The van der Waals surface area contributed by atoms with E-state index in [9.17, 15) is 4.79 Å². The number of hydrogen-bond donors (Lipinski definition) is 3. The molecule has 0 saturated carbocycles. The van der Waals surface area contributed by atoms with Crippen LogP contribution < -0.4 is 16.4 Å². The van der Waals surface area contributed by atoms with Crippen molar-refractivity contribution >= 4 is 44.7 Å². The van der Waals surface area contributed by atoms with E-state index >= 15 is 0 Å². The van der Waals surface area contributed by atoms with Gasteiger partial charge in [0.05, 0.1) is 0 Å². The maximum atomic E-state index is 11.5. The molecule has 1 rings (SSSR count). The third-order valence-electron chi connectivity index (χ3n) is 2.49. The van der Waals surface area contributed by atoms with Gasteiger partial charge in [-0.3, -0.25) is 4.79 Å². The van der Waals surface area contributed by atoms with Gasteiger partial charge < -0.3 is 16.4 Å². The topological polar surface area (TPSA) is 67.2 Å². The van der Waals surface area contributed by atoms with Crippen LogP contribution in [0.1, 0.15) is 25.3 Å². The van der Waals surface area contributed by atoms with Crippen LogP contribution in [0.3, 0.4) is 0 Å². The zero-order valence-electron chi connectivity index (χ0n) is 10.8. The lowest BCUT2D eigenvalue weighted by molar-refractivity contribution is -0.120. The number of rotatable bonds is 7. The van der Waals surface area contributed by atoms with Crippen molar-refractivity contribution in [2.75, 3.05) is 18.4 Å². The number of thiocarbonyl (C=S) groups is 1. The molecular formula is C13H18BrN3OS. The molecule has 0 saturated heterocycles. The van der Waals surface area contributed by atoms with E-state index in [1.165, 1.54) is 0 Å². The Labute approximate surface area is 127 Å². The van der Waals surface area contributed by atoms with Gasteiger partial charge in [-0.2, -0.15) is 0 Å². The van der Waals surface area contributed by atoms with Crippen molar-refractivity contribution in [1.82, 2.24) is 5.32 Å². The van der Waals surface area contributed by atoms with Crippen molar-refractivity contribution in [3.05, 3.63) is 28.2 Å². The van der Waals surface area contributed by atoms with Crippen LogP contribution in [-0.2, 0) is 4.79 Å². The van der Waals surface area contributed by atoms with E-state index < -0.39 is 0 Å². The number of halogens is 1. The van der Waals surface area contributed by atoms with Gasteiger partial charge in [0.1, 0.15) is 4.99 Å². The number of anilines is 1. The van der Waals surface area contributed by atoms with Crippen LogP contribution in [0.4, 0.5) is 5.69 Å². The van der Waals surface area contributed by atoms with E-state index in [-0.39, 0.29) is 5.91 Å². The SMILES string of the molecule is CCCNC(=O)CCNc1ccc(Br)cc1C(N)=S. The Morgan fingerprint density at radius 1 is 1.42 bits per heavy atom. The molecule has 0 aromatic heterocycles. The van der Waals surface area contributed by atoms with Crippen LogP contribution in [-0.4, -0.2) is 24.0 Å². The van der Waals surface area contributed by atoms with Gasteiger partial charge in [0.25, 0.3) is 0 Å². The average molecular weight is 344 g/mol. The first-order valence-electron chi connectivity index (χ1n) is 6.14. The molecule has 0 unspecified atom stereocenters. The van der Waals surface area contributed by atoms with Crippen molar-refractivity contribution in [1.29, 1.82) is 0 Å². The molecule has 0 aliphatic carbocycles. The number of amides is 1. The number of nitrogens with one attached hydrogen (secondary N) is 2. The van der Waals surface area contributed by atoms with Gasteiger partial charge in [0.15, 0.2) is 0 Å². The minimum atomic E-state index is 0.0448. The predicted molar refractivity (Wildman–Crippen MR) is 86.4 cm³/mol. The summed E-state index contributed by atoms with van der Waals surface area (Å²) in [4.78, 5) is 11.8. The summed E-state index contributed by atoms with van der Waals surface area (Å²) in [5.41, 5.74) is 7.29. The molecule has 4 nitrogen and oxygen atoms in total. The first-order valence-corrected chi connectivity index (χ1v) is 7.34. The minimum Gasteiger partial charge on any atom is -0.389 e. The van der Waals surface area contributed by atoms with Crippen LogP contribution >= 0.6 is 28.1 Å². The van der Waals surface area contributed by atoms with E-state index in [1.54, 1.807) is 0 Å². The Morgan fingerprint density at radius 2 is 2.16 bits per heavy atom. The van der Waals surface area contributed by atoms with Gasteiger partial charge in [0.2, 0.25) is 5.91 Å². The molecular weight excluding hydrogens is 326 g/mol. The van der Waals surface area contributed by atoms with Crippen LogP contribution in [0.2, 0.25) is 0 Å². The van der Waals surface area contributed by atoms with Crippen LogP contribution in [0.5, 0.6) is 0 Å².